The van der Waals surface area contributed by atoms with Crippen molar-refractivity contribution >= 4 is 23.2 Å². The second kappa shape index (κ2) is 8.19. The molecule has 0 aromatic heterocycles. The molecule has 5 nitrogen and oxygen atoms in total. The first-order valence-electron chi connectivity index (χ1n) is 9.55. The van der Waals surface area contributed by atoms with Crippen molar-refractivity contribution in [2.75, 3.05) is 23.9 Å². The largest absolute Gasteiger partial charge is 0.497 e. The third-order valence-corrected chi connectivity index (χ3v) is 5.13. The van der Waals surface area contributed by atoms with Crippen LogP contribution in [0, 0.1) is 5.92 Å². The fourth-order valence-corrected chi connectivity index (χ4v) is 3.61. The Balaban J connectivity index is 1.51. The maximum absolute atomic E-state index is 12.9. The van der Waals surface area contributed by atoms with E-state index in [0.717, 1.165) is 22.5 Å². The molecule has 1 saturated heterocycles. The molecule has 0 saturated carbocycles. The number of hydrogen-bond donors (Lipinski definition) is 1. The summed E-state index contributed by atoms with van der Waals surface area (Å²) in [7, 11) is 1.59. The second-order valence-corrected chi connectivity index (χ2v) is 7.01. The van der Waals surface area contributed by atoms with Gasteiger partial charge in [-0.1, -0.05) is 54.6 Å². The van der Waals surface area contributed by atoms with Gasteiger partial charge in [0.1, 0.15) is 5.75 Å². The second-order valence-electron chi connectivity index (χ2n) is 7.01. The fraction of sp³-hybridized carbons (Fsp3) is 0.167. The van der Waals surface area contributed by atoms with E-state index in [9.17, 15) is 9.59 Å². The molecule has 1 atom stereocenters. The molecule has 1 aliphatic rings. The molecule has 5 heteroatoms. The molecular formula is C24H22N2O3. The van der Waals surface area contributed by atoms with Crippen molar-refractivity contribution in [2.24, 2.45) is 5.92 Å². The average molecular weight is 386 g/mol. The van der Waals surface area contributed by atoms with Gasteiger partial charge in [0.05, 0.1) is 13.0 Å². The van der Waals surface area contributed by atoms with Gasteiger partial charge in [-0.05, 0) is 23.8 Å². The number of carbonyl (C=O) groups is 2. The fourth-order valence-electron chi connectivity index (χ4n) is 3.61. The van der Waals surface area contributed by atoms with Gasteiger partial charge in [0.15, 0.2) is 0 Å². The lowest BCUT2D eigenvalue weighted by Gasteiger charge is -2.18. The predicted octanol–water partition coefficient (Wildman–Crippen LogP) is 4.35. The lowest BCUT2D eigenvalue weighted by atomic mass is 10.0. The first-order chi connectivity index (χ1) is 14.2. The Hall–Kier alpha value is -3.60. The lowest BCUT2D eigenvalue weighted by molar-refractivity contribution is -0.122. The molecule has 1 heterocycles. The van der Waals surface area contributed by atoms with Crippen molar-refractivity contribution in [2.45, 2.75) is 6.42 Å². The highest BCUT2D eigenvalue weighted by atomic mass is 16.5. The molecule has 3 aromatic carbocycles. The summed E-state index contributed by atoms with van der Waals surface area (Å²) in [5.41, 5.74) is 3.48. The van der Waals surface area contributed by atoms with Crippen LogP contribution >= 0.6 is 0 Å². The molecule has 3 aromatic rings. The smallest absolute Gasteiger partial charge is 0.229 e. The number of amides is 2. The molecule has 1 unspecified atom stereocenters. The van der Waals surface area contributed by atoms with Crippen molar-refractivity contribution in [3.05, 3.63) is 78.9 Å². The van der Waals surface area contributed by atoms with E-state index in [2.05, 4.69) is 5.32 Å². The van der Waals surface area contributed by atoms with E-state index in [1.807, 2.05) is 78.9 Å². The summed E-state index contributed by atoms with van der Waals surface area (Å²) < 4.78 is 5.24. The van der Waals surface area contributed by atoms with Crippen molar-refractivity contribution < 1.29 is 14.3 Å². The van der Waals surface area contributed by atoms with Gasteiger partial charge in [0.2, 0.25) is 11.8 Å². The predicted molar refractivity (Wildman–Crippen MR) is 114 cm³/mol. The Labute approximate surface area is 169 Å². The molecule has 4 rings (SSSR count). The topological polar surface area (TPSA) is 58.6 Å². The monoisotopic (exact) mass is 386 g/mol. The maximum Gasteiger partial charge on any atom is 0.229 e. The molecule has 29 heavy (non-hydrogen) atoms. The highest BCUT2D eigenvalue weighted by Crippen LogP contribution is 2.31. The average Bonchev–Trinajstić information content (AvgIpc) is 3.16. The molecule has 0 bridgehead atoms. The van der Waals surface area contributed by atoms with Crippen molar-refractivity contribution in [1.29, 1.82) is 0 Å². The van der Waals surface area contributed by atoms with Gasteiger partial charge in [-0.3, -0.25) is 9.59 Å². The van der Waals surface area contributed by atoms with Gasteiger partial charge in [-0.2, -0.15) is 0 Å². The number of rotatable bonds is 5. The third-order valence-electron chi connectivity index (χ3n) is 5.13. The molecule has 1 N–H and O–H groups in total. The highest BCUT2D eigenvalue weighted by Gasteiger charge is 2.35. The van der Waals surface area contributed by atoms with Gasteiger partial charge >= 0.3 is 0 Å². The Morgan fingerprint density at radius 1 is 1.00 bits per heavy atom. The van der Waals surface area contributed by atoms with Crippen LogP contribution in [0.5, 0.6) is 5.75 Å². The van der Waals surface area contributed by atoms with Gasteiger partial charge in [-0.15, -0.1) is 0 Å². The quantitative estimate of drug-likeness (QED) is 0.709. The Morgan fingerprint density at radius 3 is 2.55 bits per heavy atom. The standard InChI is InChI=1S/C24H22N2O3/c1-29-20-11-7-10-19(15-20)26-16-18(14-23(26)27)24(28)25-22-13-6-5-12-21(22)17-8-3-2-4-9-17/h2-13,15,18H,14,16H2,1H3,(H,25,28). The zero-order valence-corrected chi connectivity index (χ0v) is 16.2. The van der Waals surface area contributed by atoms with E-state index in [1.54, 1.807) is 12.0 Å². The molecule has 0 spiro atoms. The molecule has 146 valence electrons. The zero-order chi connectivity index (χ0) is 20.2. The Bertz CT molecular complexity index is 1030. The minimum Gasteiger partial charge on any atom is -0.497 e. The number of benzene rings is 3. The zero-order valence-electron chi connectivity index (χ0n) is 16.2. The number of methoxy groups -OCH3 is 1. The summed E-state index contributed by atoms with van der Waals surface area (Å²) >= 11 is 0. The highest BCUT2D eigenvalue weighted by molar-refractivity contribution is 6.04. The van der Waals surface area contributed by atoms with Crippen molar-refractivity contribution in [3.8, 4) is 16.9 Å². The molecule has 1 aliphatic heterocycles. The number of hydrogen-bond acceptors (Lipinski definition) is 3. The van der Waals surface area contributed by atoms with E-state index in [4.69, 9.17) is 4.74 Å². The van der Waals surface area contributed by atoms with Crippen LogP contribution in [-0.4, -0.2) is 25.5 Å². The van der Waals surface area contributed by atoms with Crippen LogP contribution in [0.15, 0.2) is 78.9 Å². The van der Waals surface area contributed by atoms with Gasteiger partial charge in [0, 0.05) is 36.0 Å². The van der Waals surface area contributed by atoms with Crippen LogP contribution in [0.1, 0.15) is 6.42 Å². The van der Waals surface area contributed by atoms with Crippen LogP contribution in [0.4, 0.5) is 11.4 Å². The Kier molecular flexibility index (Phi) is 5.29. The summed E-state index contributed by atoms with van der Waals surface area (Å²) in [5, 5.41) is 3.02. The van der Waals surface area contributed by atoms with E-state index in [1.165, 1.54) is 0 Å². The SMILES string of the molecule is COc1cccc(N2CC(C(=O)Nc3ccccc3-c3ccccc3)CC2=O)c1. The molecular weight excluding hydrogens is 364 g/mol. The number of nitrogens with zero attached hydrogens (tertiary/aromatic N) is 1. The number of carbonyl (C=O) groups excluding carboxylic acids is 2. The van der Waals surface area contributed by atoms with Crippen LogP contribution in [-0.2, 0) is 9.59 Å². The maximum atomic E-state index is 12.9. The first-order valence-corrected chi connectivity index (χ1v) is 9.55. The van der Waals surface area contributed by atoms with Crippen molar-refractivity contribution in [1.82, 2.24) is 0 Å². The third kappa shape index (κ3) is 3.99. The molecule has 1 fully saturated rings. The van der Waals surface area contributed by atoms with E-state index in [0.29, 0.717) is 12.3 Å². The summed E-state index contributed by atoms with van der Waals surface area (Å²) in [5.74, 6) is 0.0689. The first kappa shape index (κ1) is 18.7. The number of ether oxygens (including phenoxy) is 1. The lowest BCUT2D eigenvalue weighted by Crippen LogP contribution is -2.28. The normalized spacial score (nSPS) is 16.0. The minimum atomic E-state index is -0.405. The van der Waals surface area contributed by atoms with Gasteiger partial charge in [-0.25, -0.2) is 0 Å². The van der Waals surface area contributed by atoms with Crippen LogP contribution < -0.4 is 15.0 Å². The van der Waals surface area contributed by atoms with Crippen LogP contribution in [0.2, 0.25) is 0 Å². The summed E-state index contributed by atoms with van der Waals surface area (Å²) in [6, 6.07) is 24.9. The number of nitrogens with one attached hydrogen (secondary N) is 1. The van der Waals surface area contributed by atoms with Crippen LogP contribution in [0.3, 0.4) is 0 Å². The summed E-state index contributed by atoms with van der Waals surface area (Å²) in [6.07, 6.45) is 0.191. The number of para-hydroxylation sites is 1. The van der Waals surface area contributed by atoms with Crippen molar-refractivity contribution in [3.63, 3.8) is 0 Å². The molecule has 2 amide bonds. The van der Waals surface area contributed by atoms with Crippen LogP contribution in [0.25, 0.3) is 11.1 Å². The molecule has 0 aliphatic carbocycles. The Morgan fingerprint density at radius 2 is 1.76 bits per heavy atom. The van der Waals surface area contributed by atoms with E-state index in [-0.39, 0.29) is 18.2 Å². The van der Waals surface area contributed by atoms with Gasteiger partial charge < -0.3 is 15.0 Å². The summed E-state index contributed by atoms with van der Waals surface area (Å²) in [4.78, 5) is 27.1. The number of anilines is 2. The molecule has 0 radical (unpaired) electrons. The minimum absolute atomic E-state index is 0.0604. The summed E-state index contributed by atoms with van der Waals surface area (Å²) in [6.45, 7) is 0.353. The van der Waals surface area contributed by atoms with E-state index < -0.39 is 5.92 Å². The van der Waals surface area contributed by atoms with E-state index >= 15 is 0 Å². The van der Waals surface area contributed by atoms with Gasteiger partial charge in [0.25, 0.3) is 0 Å².